The quantitative estimate of drug-likeness (QED) is 0.722. The van der Waals surface area contributed by atoms with Crippen molar-refractivity contribution < 1.29 is 18.0 Å². The van der Waals surface area contributed by atoms with Crippen LogP contribution in [0.25, 0.3) is 0 Å². The summed E-state index contributed by atoms with van der Waals surface area (Å²) < 4.78 is 25.9. The summed E-state index contributed by atoms with van der Waals surface area (Å²) in [5, 5.41) is 2.61. The van der Waals surface area contributed by atoms with Crippen LogP contribution in [0, 0.1) is 0 Å². The fourth-order valence-corrected chi connectivity index (χ4v) is 3.28. The number of nitrogens with zero attached hydrogens (tertiary/aromatic N) is 1. The van der Waals surface area contributed by atoms with Gasteiger partial charge in [0.2, 0.25) is 15.9 Å². The number of amides is 1. The molecule has 0 aromatic heterocycles. The maximum Gasteiger partial charge on any atom is 0.245 e. The molecule has 0 spiro atoms. The van der Waals surface area contributed by atoms with Crippen molar-refractivity contribution >= 4 is 49.0 Å². The fourth-order valence-electron chi connectivity index (χ4n) is 2.15. The first-order valence-electron chi connectivity index (χ1n) is 7.31. The lowest BCUT2D eigenvalue weighted by Crippen LogP contribution is -2.37. The molecule has 0 radical (unpaired) electrons. The minimum atomic E-state index is -3.64. The highest BCUT2D eigenvalue weighted by molar-refractivity contribution is 9.10. The van der Waals surface area contributed by atoms with Gasteiger partial charge in [0.25, 0.3) is 0 Å². The Balaban J connectivity index is 2.19. The van der Waals surface area contributed by atoms with Crippen molar-refractivity contribution in [3.8, 4) is 0 Å². The third kappa shape index (κ3) is 5.40. The van der Waals surface area contributed by atoms with Crippen LogP contribution in [-0.4, -0.2) is 32.9 Å². The topological polar surface area (TPSA) is 83.6 Å². The van der Waals surface area contributed by atoms with Crippen molar-refractivity contribution in [2.45, 2.75) is 6.92 Å². The number of rotatable bonds is 6. The molecule has 0 aliphatic carbocycles. The number of halogens is 1. The standard InChI is InChI=1S/C17H17BrN2O4S/c1-12(21)13-4-3-5-15(10-13)19-17(22)11-20(25(2,23)24)16-8-6-14(18)7-9-16/h3-10H,11H2,1-2H3,(H,19,22). The molecule has 1 amide bonds. The van der Waals surface area contributed by atoms with Gasteiger partial charge in [0.05, 0.1) is 11.9 Å². The first-order valence-corrected chi connectivity index (χ1v) is 9.95. The second kappa shape index (κ2) is 7.79. The SMILES string of the molecule is CC(=O)c1cccc(NC(=O)CN(c2ccc(Br)cc2)S(C)(=O)=O)c1. The lowest BCUT2D eigenvalue weighted by molar-refractivity contribution is -0.114. The maximum atomic E-state index is 12.3. The van der Waals surface area contributed by atoms with E-state index in [0.29, 0.717) is 16.9 Å². The summed E-state index contributed by atoms with van der Waals surface area (Å²) in [6, 6.07) is 13.1. The summed E-state index contributed by atoms with van der Waals surface area (Å²) in [6.07, 6.45) is 1.04. The number of carbonyl (C=O) groups is 2. The molecule has 0 aliphatic rings. The summed E-state index contributed by atoms with van der Waals surface area (Å²) in [7, 11) is -3.64. The second-order valence-electron chi connectivity index (χ2n) is 5.43. The van der Waals surface area contributed by atoms with Gasteiger partial charge in [-0.2, -0.15) is 0 Å². The van der Waals surface area contributed by atoms with E-state index < -0.39 is 15.9 Å². The highest BCUT2D eigenvalue weighted by atomic mass is 79.9. The predicted octanol–water partition coefficient (Wildman–Crippen LogP) is 3.06. The summed E-state index contributed by atoms with van der Waals surface area (Å²) >= 11 is 3.28. The van der Waals surface area contributed by atoms with Crippen LogP contribution >= 0.6 is 15.9 Å². The minimum absolute atomic E-state index is 0.122. The number of carbonyl (C=O) groups excluding carboxylic acids is 2. The number of anilines is 2. The van der Waals surface area contributed by atoms with Gasteiger partial charge < -0.3 is 5.32 Å². The summed E-state index contributed by atoms with van der Waals surface area (Å²) in [4.78, 5) is 23.7. The van der Waals surface area contributed by atoms with Crippen LogP contribution in [0.1, 0.15) is 17.3 Å². The molecule has 0 bridgehead atoms. The molecule has 132 valence electrons. The molecule has 0 aliphatic heterocycles. The molecule has 2 aromatic carbocycles. The molecular formula is C17H17BrN2O4S. The van der Waals surface area contributed by atoms with Crippen LogP contribution in [0.2, 0.25) is 0 Å². The number of ketones is 1. The highest BCUT2D eigenvalue weighted by Gasteiger charge is 2.21. The average molecular weight is 425 g/mol. The molecule has 0 heterocycles. The van der Waals surface area contributed by atoms with E-state index in [2.05, 4.69) is 21.2 Å². The molecule has 1 N–H and O–H groups in total. The zero-order valence-corrected chi connectivity index (χ0v) is 16.1. The first-order chi connectivity index (χ1) is 11.7. The van der Waals surface area contributed by atoms with Gasteiger partial charge in [0, 0.05) is 15.7 Å². The van der Waals surface area contributed by atoms with Crippen LogP contribution in [0.15, 0.2) is 53.0 Å². The molecule has 8 heteroatoms. The van der Waals surface area contributed by atoms with Gasteiger partial charge in [-0.3, -0.25) is 13.9 Å². The molecule has 0 atom stereocenters. The maximum absolute atomic E-state index is 12.3. The molecular weight excluding hydrogens is 408 g/mol. The third-order valence-corrected chi connectivity index (χ3v) is 5.02. The van der Waals surface area contributed by atoms with Gasteiger partial charge in [-0.1, -0.05) is 28.1 Å². The van der Waals surface area contributed by atoms with E-state index in [1.54, 1.807) is 48.5 Å². The Morgan fingerprint density at radius 2 is 1.76 bits per heavy atom. The zero-order chi connectivity index (χ0) is 18.6. The van der Waals surface area contributed by atoms with Gasteiger partial charge >= 0.3 is 0 Å². The van der Waals surface area contributed by atoms with Crippen molar-refractivity contribution in [3.63, 3.8) is 0 Å². The Bertz CT molecular complexity index is 895. The van der Waals surface area contributed by atoms with E-state index in [0.717, 1.165) is 15.0 Å². The van der Waals surface area contributed by atoms with E-state index in [1.807, 2.05) is 0 Å². The van der Waals surface area contributed by atoms with Gasteiger partial charge in [-0.25, -0.2) is 8.42 Å². The van der Waals surface area contributed by atoms with Crippen molar-refractivity contribution in [1.82, 2.24) is 0 Å². The summed E-state index contributed by atoms with van der Waals surface area (Å²) in [6.45, 7) is 1.06. The van der Waals surface area contributed by atoms with E-state index >= 15 is 0 Å². The molecule has 25 heavy (non-hydrogen) atoms. The molecule has 2 aromatic rings. The van der Waals surface area contributed by atoms with Crippen molar-refractivity contribution in [2.24, 2.45) is 0 Å². The zero-order valence-electron chi connectivity index (χ0n) is 13.7. The Hall–Kier alpha value is -2.19. The summed E-state index contributed by atoms with van der Waals surface area (Å²) in [5.74, 6) is -0.627. The molecule has 0 unspecified atom stereocenters. The van der Waals surface area contributed by atoms with Crippen LogP contribution in [-0.2, 0) is 14.8 Å². The number of hydrogen-bond acceptors (Lipinski definition) is 4. The number of sulfonamides is 1. The smallest absolute Gasteiger partial charge is 0.245 e. The first kappa shape index (κ1) is 19.1. The van der Waals surface area contributed by atoms with Crippen LogP contribution in [0.5, 0.6) is 0 Å². The van der Waals surface area contributed by atoms with E-state index in [9.17, 15) is 18.0 Å². The van der Waals surface area contributed by atoms with Crippen LogP contribution in [0.3, 0.4) is 0 Å². The summed E-state index contributed by atoms with van der Waals surface area (Å²) in [5.41, 5.74) is 1.28. The Morgan fingerprint density at radius 3 is 2.32 bits per heavy atom. The van der Waals surface area contributed by atoms with Gasteiger partial charge in [-0.05, 0) is 43.3 Å². The Kier molecular flexibility index (Phi) is 5.97. The van der Waals surface area contributed by atoms with E-state index in [4.69, 9.17) is 0 Å². The number of nitrogens with one attached hydrogen (secondary N) is 1. The van der Waals surface area contributed by atoms with Crippen molar-refractivity contribution in [3.05, 3.63) is 58.6 Å². The van der Waals surface area contributed by atoms with Crippen molar-refractivity contribution in [1.29, 1.82) is 0 Å². The van der Waals surface area contributed by atoms with Gasteiger partial charge in [0.15, 0.2) is 5.78 Å². The van der Waals surface area contributed by atoms with Gasteiger partial charge in [0.1, 0.15) is 6.54 Å². The fraction of sp³-hybridized carbons (Fsp3) is 0.176. The lowest BCUT2D eigenvalue weighted by atomic mass is 10.1. The normalized spacial score (nSPS) is 11.0. The lowest BCUT2D eigenvalue weighted by Gasteiger charge is -2.22. The van der Waals surface area contributed by atoms with Crippen LogP contribution in [0.4, 0.5) is 11.4 Å². The monoisotopic (exact) mass is 424 g/mol. The van der Waals surface area contributed by atoms with Gasteiger partial charge in [-0.15, -0.1) is 0 Å². The largest absolute Gasteiger partial charge is 0.324 e. The third-order valence-electron chi connectivity index (χ3n) is 3.36. The molecule has 0 fully saturated rings. The van der Waals surface area contributed by atoms with Crippen LogP contribution < -0.4 is 9.62 Å². The predicted molar refractivity (Wildman–Crippen MR) is 101 cm³/mol. The number of hydrogen-bond donors (Lipinski definition) is 1. The average Bonchev–Trinajstić information content (AvgIpc) is 2.53. The number of Topliss-reactive ketones (excluding diaryl/α,β-unsaturated/α-hetero) is 1. The Morgan fingerprint density at radius 1 is 1.12 bits per heavy atom. The number of benzene rings is 2. The van der Waals surface area contributed by atoms with Crippen molar-refractivity contribution in [2.75, 3.05) is 22.4 Å². The minimum Gasteiger partial charge on any atom is -0.324 e. The van der Waals surface area contributed by atoms with E-state index in [1.165, 1.54) is 6.92 Å². The highest BCUT2D eigenvalue weighted by Crippen LogP contribution is 2.21. The molecule has 2 rings (SSSR count). The molecule has 0 saturated heterocycles. The molecule has 6 nitrogen and oxygen atoms in total. The molecule has 0 saturated carbocycles. The Labute approximate surface area is 155 Å². The second-order valence-corrected chi connectivity index (χ2v) is 8.25. The van der Waals surface area contributed by atoms with E-state index in [-0.39, 0.29) is 12.3 Å².